The normalized spacial score (nSPS) is 10.8. The van der Waals surface area contributed by atoms with Crippen molar-refractivity contribution < 1.29 is 4.79 Å². The van der Waals surface area contributed by atoms with Crippen LogP contribution in [0, 0.1) is 6.92 Å². The van der Waals surface area contributed by atoms with Crippen molar-refractivity contribution in [2.75, 3.05) is 5.32 Å². The summed E-state index contributed by atoms with van der Waals surface area (Å²) < 4.78 is 0. The number of nitrogens with zero attached hydrogens (tertiary/aromatic N) is 2. The minimum absolute atomic E-state index is 0.154. The quantitative estimate of drug-likeness (QED) is 0.592. The fourth-order valence-corrected chi connectivity index (χ4v) is 2.63. The molecule has 0 aliphatic rings. The van der Waals surface area contributed by atoms with Gasteiger partial charge in [0.1, 0.15) is 5.82 Å². The first-order valence-electron chi connectivity index (χ1n) is 7.97. The van der Waals surface area contributed by atoms with E-state index in [1.165, 1.54) is 0 Å². The largest absolute Gasteiger partial charge is 0.338 e. The summed E-state index contributed by atoms with van der Waals surface area (Å²) in [4.78, 5) is 24.3. The third-order valence-electron chi connectivity index (χ3n) is 4.01. The standard InChI is InChI=1S/C20H16N4O/c1-13-2-5-16(6-3-13)22-20(25)15-4-7-17-18(12-15)24-19(23-17)14-8-10-21-11-9-14/h2-12H,1H3,(H,22,25)(H,23,24). The fraction of sp³-hybridized carbons (Fsp3) is 0.0500. The van der Waals surface area contributed by atoms with Crippen LogP contribution in [0.15, 0.2) is 67.0 Å². The summed E-state index contributed by atoms with van der Waals surface area (Å²) in [5, 5.41) is 2.90. The van der Waals surface area contributed by atoms with E-state index in [9.17, 15) is 4.79 Å². The zero-order valence-corrected chi connectivity index (χ0v) is 13.7. The summed E-state index contributed by atoms with van der Waals surface area (Å²) in [6, 6.07) is 17.0. The Balaban J connectivity index is 1.62. The Morgan fingerprint density at radius 2 is 1.76 bits per heavy atom. The summed E-state index contributed by atoms with van der Waals surface area (Å²) in [5.74, 6) is 0.604. The summed E-state index contributed by atoms with van der Waals surface area (Å²) in [6.45, 7) is 2.01. The number of carbonyl (C=O) groups is 1. The zero-order chi connectivity index (χ0) is 17.2. The lowest BCUT2D eigenvalue weighted by Crippen LogP contribution is -2.11. The maximum Gasteiger partial charge on any atom is 0.255 e. The van der Waals surface area contributed by atoms with E-state index in [0.717, 1.165) is 33.7 Å². The van der Waals surface area contributed by atoms with E-state index in [0.29, 0.717) is 5.56 Å². The van der Waals surface area contributed by atoms with Crippen LogP contribution < -0.4 is 5.32 Å². The van der Waals surface area contributed by atoms with Crippen LogP contribution in [0.2, 0.25) is 0 Å². The highest BCUT2D eigenvalue weighted by Crippen LogP contribution is 2.21. The molecule has 0 aliphatic heterocycles. The van der Waals surface area contributed by atoms with Crippen molar-refractivity contribution >= 4 is 22.6 Å². The topological polar surface area (TPSA) is 70.7 Å². The average Bonchev–Trinajstić information content (AvgIpc) is 3.07. The van der Waals surface area contributed by atoms with Gasteiger partial charge in [0, 0.05) is 29.2 Å². The van der Waals surface area contributed by atoms with Gasteiger partial charge in [-0.3, -0.25) is 9.78 Å². The molecule has 0 radical (unpaired) electrons. The molecule has 0 aliphatic carbocycles. The molecule has 122 valence electrons. The number of hydrogen-bond donors (Lipinski definition) is 2. The van der Waals surface area contributed by atoms with Crippen LogP contribution in [-0.4, -0.2) is 20.9 Å². The van der Waals surface area contributed by atoms with Gasteiger partial charge in [-0.05, 0) is 49.4 Å². The van der Waals surface area contributed by atoms with Gasteiger partial charge >= 0.3 is 0 Å². The minimum atomic E-state index is -0.154. The number of aryl methyl sites for hydroxylation is 1. The second-order valence-electron chi connectivity index (χ2n) is 5.87. The Labute approximate surface area is 144 Å². The summed E-state index contributed by atoms with van der Waals surface area (Å²) in [6.07, 6.45) is 3.45. The van der Waals surface area contributed by atoms with E-state index in [1.54, 1.807) is 24.5 Å². The Morgan fingerprint density at radius 3 is 2.52 bits per heavy atom. The van der Waals surface area contributed by atoms with E-state index >= 15 is 0 Å². The lowest BCUT2D eigenvalue weighted by Gasteiger charge is -2.05. The number of amides is 1. The van der Waals surface area contributed by atoms with Crippen LogP contribution in [0.3, 0.4) is 0 Å². The molecule has 2 N–H and O–H groups in total. The number of nitrogens with one attached hydrogen (secondary N) is 2. The molecule has 5 heteroatoms. The fourth-order valence-electron chi connectivity index (χ4n) is 2.63. The Hall–Kier alpha value is -3.47. The van der Waals surface area contributed by atoms with Crippen LogP contribution in [0.5, 0.6) is 0 Å². The second-order valence-corrected chi connectivity index (χ2v) is 5.87. The number of hydrogen-bond acceptors (Lipinski definition) is 3. The number of aromatic amines is 1. The highest BCUT2D eigenvalue weighted by molar-refractivity contribution is 6.06. The van der Waals surface area contributed by atoms with Crippen molar-refractivity contribution in [1.29, 1.82) is 0 Å². The van der Waals surface area contributed by atoms with Gasteiger partial charge in [-0.25, -0.2) is 4.98 Å². The van der Waals surface area contributed by atoms with Gasteiger partial charge in [0.25, 0.3) is 5.91 Å². The lowest BCUT2D eigenvalue weighted by atomic mass is 10.1. The molecule has 0 unspecified atom stereocenters. The number of imidazole rings is 1. The van der Waals surface area contributed by atoms with Gasteiger partial charge in [0.2, 0.25) is 0 Å². The molecule has 0 saturated carbocycles. The molecule has 2 aromatic heterocycles. The molecule has 0 spiro atoms. The van der Waals surface area contributed by atoms with Crippen LogP contribution in [0.1, 0.15) is 15.9 Å². The van der Waals surface area contributed by atoms with Crippen molar-refractivity contribution in [3.8, 4) is 11.4 Å². The maximum absolute atomic E-state index is 12.5. The SMILES string of the molecule is Cc1ccc(NC(=O)c2ccc3[nH]c(-c4ccncc4)nc3c2)cc1. The second kappa shape index (κ2) is 6.20. The smallest absolute Gasteiger partial charge is 0.255 e. The third-order valence-corrected chi connectivity index (χ3v) is 4.01. The third kappa shape index (κ3) is 3.12. The predicted molar refractivity (Wildman–Crippen MR) is 98.5 cm³/mol. The number of carbonyl (C=O) groups excluding carboxylic acids is 1. The van der Waals surface area contributed by atoms with Crippen molar-refractivity contribution in [1.82, 2.24) is 15.0 Å². The Kier molecular flexibility index (Phi) is 3.74. The first-order valence-corrected chi connectivity index (χ1v) is 7.97. The van der Waals surface area contributed by atoms with Gasteiger partial charge in [-0.2, -0.15) is 0 Å². The van der Waals surface area contributed by atoms with E-state index in [1.807, 2.05) is 49.4 Å². The molecular formula is C20H16N4O. The number of aromatic nitrogens is 3. The summed E-state index contributed by atoms with van der Waals surface area (Å²) in [7, 11) is 0. The molecule has 0 atom stereocenters. The van der Waals surface area contributed by atoms with Crippen molar-refractivity contribution in [3.63, 3.8) is 0 Å². The van der Waals surface area contributed by atoms with E-state index < -0.39 is 0 Å². The molecule has 2 heterocycles. The molecule has 4 aromatic rings. The molecule has 4 rings (SSSR count). The number of fused-ring (bicyclic) bond motifs is 1. The van der Waals surface area contributed by atoms with E-state index in [2.05, 4.69) is 20.3 Å². The Morgan fingerprint density at radius 1 is 1.00 bits per heavy atom. The molecule has 0 saturated heterocycles. The highest BCUT2D eigenvalue weighted by Gasteiger charge is 2.10. The molecule has 0 bridgehead atoms. The van der Waals surface area contributed by atoms with Gasteiger partial charge < -0.3 is 10.3 Å². The van der Waals surface area contributed by atoms with Crippen LogP contribution in [0.4, 0.5) is 5.69 Å². The van der Waals surface area contributed by atoms with Crippen LogP contribution in [-0.2, 0) is 0 Å². The zero-order valence-electron chi connectivity index (χ0n) is 13.7. The molecule has 5 nitrogen and oxygen atoms in total. The molecular weight excluding hydrogens is 312 g/mol. The number of rotatable bonds is 3. The minimum Gasteiger partial charge on any atom is -0.338 e. The number of benzene rings is 2. The van der Waals surface area contributed by atoms with Crippen LogP contribution >= 0.6 is 0 Å². The Bertz CT molecular complexity index is 1040. The lowest BCUT2D eigenvalue weighted by molar-refractivity contribution is 0.102. The number of pyridine rings is 1. The van der Waals surface area contributed by atoms with Gasteiger partial charge in [0.05, 0.1) is 11.0 Å². The number of H-pyrrole nitrogens is 1. The molecule has 25 heavy (non-hydrogen) atoms. The average molecular weight is 328 g/mol. The molecule has 2 aromatic carbocycles. The highest BCUT2D eigenvalue weighted by atomic mass is 16.1. The van der Waals surface area contributed by atoms with Crippen molar-refractivity contribution in [2.45, 2.75) is 6.92 Å². The first-order chi connectivity index (χ1) is 12.2. The van der Waals surface area contributed by atoms with E-state index in [4.69, 9.17) is 0 Å². The summed E-state index contributed by atoms with van der Waals surface area (Å²) >= 11 is 0. The summed E-state index contributed by atoms with van der Waals surface area (Å²) in [5.41, 5.74) is 5.09. The maximum atomic E-state index is 12.5. The monoisotopic (exact) mass is 328 g/mol. The van der Waals surface area contributed by atoms with Crippen LogP contribution in [0.25, 0.3) is 22.4 Å². The predicted octanol–water partition coefficient (Wildman–Crippen LogP) is 4.19. The van der Waals surface area contributed by atoms with Gasteiger partial charge in [-0.1, -0.05) is 17.7 Å². The van der Waals surface area contributed by atoms with Crippen molar-refractivity contribution in [3.05, 3.63) is 78.1 Å². The van der Waals surface area contributed by atoms with Crippen molar-refractivity contribution in [2.24, 2.45) is 0 Å². The first kappa shape index (κ1) is 15.1. The number of anilines is 1. The molecule has 1 amide bonds. The van der Waals surface area contributed by atoms with Gasteiger partial charge in [0.15, 0.2) is 0 Å². The van der Waals surface area contributed by atoms with Gasteiger partial charge in [-0.15, -0.1) is 0 Å². The molecule has 0 fully saturated rings. The van der Waals surface area contributed by atoms with E-state index in [-0.39, 0.29) is 5.91 Å².